The Kier molecular flexibility index (Phi) is 2.83. The molecule has 0 fully saturated rings. The van der Waals surface area contributed by atoms with Crippen molar-refractivity contribution in [3.05, 3.63) is 40.5 Å². The van der Waals surface area contributed by atoms with Gasteiger partial charge in [0, 0.05) is 40.3 Å². The van der Waals surface area contributed by atoms with Gasteiger partial charge in [0.1, 0.15) is 0 Å². The molecule has 0 unspecified atom stereocenters. The zero-order valence-corrected chi connectivity index (χ0v) is 10.2. The number of halogens is 1. The number of aliphatic carboxylic acids is 1. The first-order valence-electron chi connectivity index (χ1n) is 4.73. The second-order valence-electron chi connectivity index (χ2n) is 3.53. The number of aromatic nitrogens is 1. The fraction of sp³-hybridized carbons (Fsp3) is 0.0833. The third-order valence-electron chi connectivity index (χ3n) is 2.39. The molecule has 0 aliphatic carbocycles. The van der Waals surface area contributed by atoms with Crippen LogP contribution < -0.4 is 0 Å². The van der Waals surface area contributed by atoms with Crippen molar-refractivity contribution in [2.75, 3.05) is 0 Å². The van der Waals surface area contributed by atoms with Gasteiger partial charge in [-0.05, 0) is 24.3 Å². The van der Waals surface area contributed by atoms with E-state index in [1.54, 1.807) is 6.08 Å². The van der Waals surface area contributed by atoms with Crippen LogP contribution in [0.5, 0.6) is 0 Å². The van der Waals surface area contributed by atoms with Crippen molar-refractivity contribution >= 4 is 38.9 Å². The lowest BCUT2D eigenvalue weighted by Gasteiger charge is -1.95. The zero-order chi connectivity index (χ0) is 11.7. The van der Waals surface area contributed by atoms with Crippen LogP contribution >= 0.6 is 15.9 Å². The Hall–Kier alpha value is -1.55. The van der Waals surface area contributed by atoms with Crippen molar-refractivity contribution < 1.29 is 9.90 Å². The van der Waals surface area contributed by atoms with Crippen LogP contribution in [0.15, 0.2) is 34.9 Å². The van der Waals surface area contributed by atoms with Gasteiger partial charge in [-0.25, -0.2) is 4.79 Å². The maximum Gasteiger partial charge on any atom is 0.328 e. The summed E-state index contributed by atoms with van der Waals surface area (Å²) < 4.78 is 2.96. The van der Waals surface area contributed by atoms with Gasteiger partial charge in [-0.15, -0.1) is 0 Å². The number of carboxylic acid groups (broad SMARTS) is 1. The van der Waals surface area contributed by atoms with Crippen LogP contribution in [0.4, 0.5) is 0 Å². The quantitative estimate of drug-likeness (QED) is 0.859. The molecular formula is C12H10BrNO2. The predicted octanol–water partition coefficient (Wildman–Crippen LogP) is 3.04. The molecule has 4 heteroatoms. The van der Waals surface area contributed by atoms with Crippen molar-refractivity contribution in [2.24, 2.45) is 7.05 Å². The van der Waals surface area contributed by atoms with Gasteiger partial charge in [0.25, 0.3) is 0 Å². The number of hydrogen-bond acceptors (Lipinski definition) is 1. The summed E-state index contributed by atoms with van der Waals surface area (Å²) in [5.74, 6) is -0.938. The lowest BCUT2D eigenvalue weighted by molar-refractivity contribution is -0.131. The second kappa shape index (κ2) is 4.14. The fourth-order valence-corrected chi connectivity index (χ4v) is 2.05. The summed E-state index contributed by atoms with van der Waals surface area (Å²) in [6.07, 6.45) is 4.67. The van der Waals surface area contributed by atoms with Crippen LogP contribution in [-0.4, -0.2) is 15.6 Å². The number of rotatable bonds is 2. The van der Waals surface area contributed by atoms with E-state index in [4.69, 9.17) is 5.11 Å². The van der Waals surface area contributed by atoms with Crippen molar-refractivity contribution in [3.8, 4) is 0 Å². The molecule has 1 heterocycles. The van der Waals surface area contributed by atoms with E-state index < -0.39 is 5.97 Å². The number of fused-ring (bicyclic) bond motifs is 1. The summed E-state index contributed by atoms with van der Waals surface area (Å²) in [5, 5.41) is 9.64. The molecule has 1 aromatic carbocycles. The Balaban J connectivity index is 2.61. The molecule has 0 aliphatic rings. The fourth-order valence-electron chi connectivity index (χ4n) is 1.69. The Labute approximate surface area is 101 Å². The number of benzene rings is 1. The number of carboxylic acids is 1. The van der Waals surface area contributed by atoms with Crippen LogP contribution in [0.25, 0.3) is 17.0 Å². The molecule has 0 saturated heterocycles. The maximum atomic E-state index is 10.5. The lowest BCUT2D eigenvalue weighted by atomic mass is 10.1. The van der Waals surface area contributed by atoms with Crippen LogP contribution in [0.3, 0.4) is 0 Å². The minimum absolute atomic E-state index is 0.904. The van der Waals surface area contributed by atoms with Gasteiger partial charge >= 0.3 is 5.97 Å². The van der Waals surface area contributed by atoms with Crippen molar-refractivity contribution in [2.45, 2.75) is 0 Å². The largest absolute Gasteiger partial charge is 0.478 e. The highest BCUT2D eigenvalue weighted by atomic mass is 79.9. The highest BCUT2D eigenvalue weighted by molar-refractivity contribution is 9.10. The number of hydrogen-bond donors (Lipinski definition) is 1. The predicted molar refractivity (Wildman–Crippen MR) is 67.3 cm³/mol. The highest BCUT2D eigenvalue weighted by Crippen LogP contribution is 2.25. The molecule has 0 spiro atoms. The standard InChI is InChI=1S/C12H10BrNO2/c1-14-7-8(2-5-12(15)16)10-6-9(13)3-4-11(10)14/h2-7H,1H3,(H,15,16). The molecule has 1 aromatic heterocycles. The Bertz CT molecular complexity index is 584. The Morgan fingerprint density at radius 3 is 2.94 bits per heavy atom. The summed E-state index contributed by atoms with van der Waals surface area (Å²) in [4.78, 5) is 10.5. The second-order valence-corrected chi connectivity index (χ2v) is 4.44. The molecule has 2 rings (SSSR count). The van der Waals surface area contributed by atoms with E-state index in [1.807, 2.05) is 36.0 Å². The van der Waals surface area contributed by atoms with E-state index in [-0.39, 0.29) is 0 Å². The molecule has 0 amide bonds. The zero-order valence-electron chi connectivity index (χ0n) is 8.64. The topological polar surface area (TPSA) is 42.2 Å². The van der Waals surface area contributed by atoms with E-state index in [1.165, 1.54) is 0 Å². The van der Waals surface area contributed by atoms with E-state index in [9.17, 15) is 4.79 Å². The first-order valence-corrected chi connectivity index (χ1v) is 5.53. The van der Waals surface area contributed by atoms with Crippen LogP contribution in [0, 0.1) is 0 Å². The third kappa shape index (κ3) is 2.02. The van der Waals surface area contributed by atoms with Gasteiger partial charge in [-0.2, -0.15) is 0 Å². The lowest BCUT2D eigenvalue weighted by Crippen LogP contribution is -1.85. The minimum Gasteiger partial charge on any atom is -0.478 e. The molecule has 16 heavy (non-hydrogen) atoms. The van der Waals surface area contributed by atoms with Crippen LogP contribution in [0.1, 0.15) is 5.56 Å². The molecule has 3 nitrogen and oxygen atoms in total. The first-order chi connectivity index (χ1) is 7.58. The Morgan fingerprint density at radius 1 is 1.50 bits per heavy atom. The van der Waals surface area contributed by atoms with Crippen molar-refractivity contribution in [3.63, 3.8) is 0 Å². The van der Waals surface area contributed by atoms with Crippen LogP contribution in [0.2, 0.25) is 0 Å². The molecule has 2 aromatic rings. The summed E-state index contributed by atoms with van der Waals surface area (Å²) in [5.41, 5.74) is 1.98. The first kappa shape index (κ1) is 11.0. The summed E-state index contributed by atoms with van der Waals surface area (Å²) in [6.45, 7) is 0. The Morgan fingerprint density at radius 2 is 2.25 bits per heavy atom. The summed E-state index contributed by atoms with van der Waals surface area (Å²) in [7, 11) is 1.94. The average Bonchev–Trinajstić information content (AvgIpc) is 2.52. The molecule has 0 radical (unpaired) electrons. The van der Waals surface area contributed by atoms with E-state index >= 15 is 0 Å². The van der Waals surface area contributed by atoms with Crippen LogP contribution in [-0.2, 0) is 11.8 Å². The van der Waals surface area contributed by atoms with Gasteiger partial charge in [0.2, 0.25) is 0 Å². The molecular weight excluding hydrogens is 270 g/mol. The number of aryl methyl sites for hydroxylation is 1. The third-order valence-corrected chi connectivity index (χ3v) is 2.88. The van der Waals surface area contributed by atoms with E-state index in [0.29, 0.717) is 0 Å². The monoisotopic (exact) mass is 279 g/mol. The average molecular weight is 280 g/mol. The summed E-state index contributed by atoms with van der Waals surface area (Å²) >= 11 is 3.41. The number of carbonyl (C=O) groups is 1. The van der Waals surface area contributed by atoms with Gasteiger partial charge < -0.3 is 9.67 Å². The maximum absolute atomic E-state index is 10.5. The van der Waals surface area contributed by atoms with Crippen molar-refractivity contribution in [1.29, 1.82) is 0 Å². The van der Waals surface area contributed by atoms with Crippen molar-refractivity contribution in [1.82, 2.24) is 4.57 Å². The molecule has 0 aliphatic heterocycles. The smallest absolute Gasteiger partial charge is 0.328 e. The van der Waals surface area contributed by atoms with Gasteiger partial charge in [0.15, 0.2) is 0 Å². The minimum atomic E-state index is -0.938. The molecule has 82 valence electrons. The molecule has 1 N–H and O–H groups in total. The highest BCUT2D eigenvalue weighted by Gasteiger charge is 2.04. The van der Waals surface area contributed by atoms with E-state index in [2.05, 4.69) is 15.9 Å². The molecule has 0 atom stereocenters. The van der Waals surface area contributed by atoms with Gasteiger partial charge in [-0.1, -0.05) is 15.9 Å². The van der Waals surface area contributed by atoms with Gasteiger partial charge in [-0.3, -0.25) is 0 Å². The molecule has 0 saturated carbocycles. The SMILES string of the molecule is Cn1cc(C=CC(=O)O)c2cc(Br)ccc21. The summed E-state index contributed by atoms with van der Waals surface area (Å²) in [6, 6.07) is 5.95. The normalized spacial score (nSPS) is 11.4. The van der Waals surface area contributed by atoms with E-state index in [0.717, 1.165) is 27.0 Å². The van der Waals surface area contributed by atoms with Gasteiger partial charge in [0.05, 0.1) is 0 Å². The number of nitrogens with zero attached hydrogens (tertiary/aromatic N) is 1. The molecule has 0 bridgehead atoms.